The maximum Gasteiger partial charge on any atom is 0.334 e. The molecule has 0 radical (unpaired) electrons. The Hall–Kier alpha value is -0.900. The number of halogens is 1. The molecule has 0 aliphatic rings. The second-order valence-electron chi connectivity index (χ2n) is 3.39. The van der Waals surface area contributed by atoms with Crippen LogP contribution in [0.4, 0.5) is 4.70 Å². The molecule has 0 aromatic carbocycles. The van der Waals surface area contributed by atoms with Crippen molar-refractivity contribution >= 4 is 5.97 Å². The minimum atomic E-state index is -0.313. The minimum absolute atomic E-state index is 0. The summed E-state index contributed by atoms with van der Waals surface area (Å²) < 4.78 is 5.20. The van der Waals surface area contributed by atoms with E-state index >= 15 is 0 Å². The topological polar surface area (TPSA) is 29.5 Å². The fourth-order valence-electron chi connectivity index (χ4n) is 0.894. The third kappa shape index (κ3) is 5.70. The molecule has 0 saturated heterocycles. The highest BCUT2D eigenvalue weighted by Gasteiger charge is 2.15. The molecule has 0 heterocycles. The van der Waals surface area contributed by atoms with Crippen LogP contribution in [-0.4, -0.2) is 31.2 Å². The molecule has 4 heteroatoms. The number of ether oxygens (including phenoxy) is 1. The summed E-state index contributed by atoms with van der Waals surface area (Å²) in [5, 5.41) is 0. The molecule has 0 fully saturated rings. The number of carbonyl (C=O) groups is 1. The average Bonchev–Trinajstić information content (AvgIpc) is 2.03. The van der Waals surface area contributed by atoms with E-state index in [4.69, 9.17) is 4.74 Å². The van der Waals surface area contributed by atoms with Crippen LogP contribution in [0.2, 0.25) is 0 Å². The first kappa shape index (κ1) is 15.6. The molecule has 0 spiro atoms. The lowest BCUT2D eigenvalue weighted by molar-refractivity contribution is -0.152. The van der Waals surface area contributed by atoms with Crippen molar-refractivity contribution in [3.63, 3.8) is 0 Å². The first-order valence-corrected chi connectivity index (χ1v) is 4.52. The smallest absolute Gasteiger partial charge is 0.334 e. The summed E-state index contributed by atoms with van der Waals surface area (Å²) in [4.78, 5) is 13.1. The molecule has 0 N–H and O–H groups in total. The molecule has 0 aromatic rings. The van der Waals surface area contributed by atoms with Crippen molar-refractivity contribution < 1.29 is 14.2 Å². The van der Waals surface area contributed by atoms with Crippen LogP contribution in [0, 0.1) is 0 Å². The second-order valence-corrected chi connectivity index (χ2v) is 3.39. The molecular weight excluding hydrogens is 185 g/mol. The number of hydrogen-bond acceptors (Lipinski definition) is 3. The van der Waals surface area contributed by atoms with Crippen molar-refractivity contribution in [1.29, 1.82) is 0 Å². The Kier molecular flexibility index (Phi) is 8.34. The zero-order valence-electron chi connectivity index (χ0n) is 9.37. The van der Waals surface area contributed by atoms with Gasteiger partial charge in [0.1, 0.15) is 0 Å². The van der Waals surface area contributed by atoms with Gasteiger partial charge in [-0.25, -0.2) is 4.79 Å². The maximum absolute atomic E-state index is 11.2. The molecule has 0 saturated carbocycles. The zero-order valence-corrected chi connectivity index (χ0v) is 9.37. The van der Waals surface area contributed by atoms with E-state index < -0.39 is 0 Å². The lowest BCUT2D eigenvalue weighted by Crippen LogP contribution is -2.32. The van der Waals surface area contributed by atoms with Crippen LogP contribution in [-0.2, 0) is 9.53 Å². The minimum Gasteiger partial charge on any atom is -0.443 e. The molecule has 0 aliphatic heterocycles. The molecule has 0 aliphatic carbocycles. The predicted octanol–water partition coefficient (Wildman–Crippen LogP) is 1.95. The zero-order chi connectivity index (χ0) is 10.4. The Balaban J connectivity index is 0. The Labute approximate surface area is 85.1 Å². The molecule has 0 aromatic heterocycles. The predicted molar refractivity (Wildman–Crippen MR) is 55.8 cm³/mol. The summed E-state index contributed by atoms with van der Waals surface area (Å²) in [7, 11) is 3.79. The van der Waals surface area contributed by atoms with Gasteiger partial charge < -0.3 is 4.74 Å². The van der Waals surface area contributed by atoms with Gasteiger partial charge in [-0.1, -0.05) is 19.9 Å². The normalized spacial score (nSPS) is 11.8. The SMILES string of the molecule is C=C(C)C(=O)OC(CCC)N(C)C.F. The van der Waals surface area contributed by atoms with E-state index in [0.717, 1.165) is 12.8 Å². The van der Waals surface area contributed by atoms with E-state index in [0.29, 0.717) is 5.57 Å². The van der Waals surface area contributed by atoms with Crippen LogP contribution in [0.25, 0.3) is 0 Å². The van der Waals surface area contributed by atoms with Crippen molar-refractivity contribution in [3.05, 3.63) is 12.2 Å². The monoisotopic (exact) mass is 205 g/mol. The van der Waals surface area contributed by atoms with Gasteiger partial charge in [0, 0.05) is 5.57 Å². The summed E-state index contributed by atoms with van der Waals surface area (Å²) in [6.07, 6.45) is 1.72. The van der Waals surface area contributed by atoms with Crippen LogP contribution >= 0.6 is 0 Å². The van der Waals surface area contributed by atoms with Crippen molar-refractivity contribution in [2.75, 3.05) is 14.1 Å². The summed E-state index contributed by atoms with van der Waals surface area (Å²) >= 11 is 0. The van der Waals surface area contributed by atoms with Crippen molar-refractivity contribution in [1.82, 2.24) is 4.90 Å². The van der Waals surface area contributed by atoms with Gasteiger partial charge in [0.05, 0.1) is 0 Å². The van der Waals surface area contributed by atoms with Crippen molar-refractivity contribution in [3.8, 4) is 0 Å². The van der Waals surface area contributed by atoms with Gasteiger partial charge in [-0.3, -0.25) is 9.60 Å². The number of nitrogens with zero attached hydrogens (tertiary/aromatic N) is 1. The van der Waals surface area contributed by atoms with Crippen molar-refractivity contribution in [2.45, 2.75) is 32.9 Å². The van der Waals surface area contributed by atoms with Crippen LogP contribution in [0.3, 0.4) is 0 Å². The van der Waals surface area contributed by atoms with Gasteiger partial charge in [-0.05, 0) is 27.4 Å². The fraction of sp³-hybridized carbons (Fsp3) is 0.700. The Morgan fingerprint density at radius 3 is 2.29 bits per heavy atom. The van der Waals surface area contributed by atoms with Gasteiger partial charge >= 0.3 is 5.97 Å². The standard InChI is InChI=1S/C10H19NO2.FH/c1-6-7-9(11(4)5)13-10(12)8(2)3;/h9H,2,6-7H2,1,3-5H3;1H. The summed E-state index contributed by atoms with van der Waals surface area (Å²) in [5.74, 6) is -0.313. The molecule has 0 amide bonds. The lowest BCUT2D eigenvalue weighted by Gasteiger charge is -2.23. The molecule has 0 rings (SSSR count). The Morgan fingerprint density at radius 2 is 2.00 bits per heavy atom. The van der Waals surface area contributed by atoms with Gasteiger partial charge in [0.15, 0.2) is 6.23 Å². The molecule has 14 heavy (non-hydrogen) atoms. The van der Waals surface area contributed by atoms with E-state index in [9.17, 15) is 4.79 Å². The highest BCUT2D eigenvalue weighted by molar-refractivity contribution is 5.87. The molecule has 1 unspecified atom stereocenters. The molecule has 84 valence electrons. The van der Waals surface area contributed by atoms with Gasteiger partial charge in [0.2, 0.25) is 0 Å². The van der Waals surface area contributed by atoms with E-state index in [2.05, 4.69) is 13.5 Å². The second kappa shape index (κ2) is 7.50. The molecular formula is C10H20FNO2. The summed E-state index contributed by atoms with van der Waals surface area (Å²) in [5.41, 5.74) is 0.447. The van der Waals surface area contributed by atoms with Crippen molar-refractivity contribution in [2.24, 2.45) is 0 Å². The van der Waals surface area contributed by atoms with Crippen LogP contribution < -0.4 is 0 Å². The van der Waals surface area contributed by atoms with E-state index in [-0.39, 0.29) is 16.9 Å². The fourth-order valence-corrected chi connectivity index (χ4v) is 0.894. The first-order chi connectivity index (χ1) is 5.99. The first-order valence-electron chi connectivity index (χ1n) is 4.52. The third-order valence-corrected chi connectivity index (χ3v) is 1.70. The third-order valence-electron chi connectivity index (χ3n) is 1.70. The maximum atomic E-state index is 11.2. The molecule has 1 atom stereocenters. The number of carbonyl (C=O) groups excluding carboxylic acids is 1. The van der Waals surface area contributed by atoms with E-state index in [1.807, 2.05) is 19.0 Å². The quantitative estimate of drug-likeness (QED) is 0.390. The van der Waals surface area contributed by atoms with E-state index in [1.54, 1.807) is 6.92 Å². The van der Waals surface area contributed by atoms with E-state index in [1.165, 1.54) is 0 Å². The molecule has 3 nitrogen and oxygen atoms in total. The molecule has 0 bridgehead atoms. The van der Waals surface area contributed by atoms with Crippen LogP contribution in [0.15, 0.2) is 12.2 Å². The Bertz CT molecular complexity index is 193. The van der Waals surface area contributed by atoms with Gasteiger partial charge in [-0.15, -0.1) is 0 Å². The average molecular weight is 205 g/mol. The number of rotatable bonds is 5. The van der Waals surface area contributed by atoms with Crippen LogP contribution in [0.5, 0.6) is 0 Å². The summed E-state index contributed by atoms with van der Waals surface area (Å²) in [6.45, 7) is 7.25. The lowest BCUT2D eigenvalue weighted by atomic mass is 10.3. The summed E-state index contributed by atoms with van der Waals surface area (Å²) in [6, 6.07) is 0. The van der Waals surface area contributed by atoms with Crippen LogP contribution in [0.1, 0.15) is 26.7 Å². The van der Waals surface area contributed by atoms with Gasteiger partial charge in [0.25, 0.3) is 0 Å². The van der Waals surface area contributed by atoms with Gasteiger partial charge in [-0.2, -0.15) is 0 Å². The highest BCUT2D eigenvalue weighted by Crippen LogP contribution is 2.07. The number of esters is 1. The largest absolute Gasteiger partial charge is 0.443 e. The number of hydrogen-bond donors (Lipinski definition) is 0. The Morgan fingerprint density at radius 1 is 1.50 bits per heavy atom. The highest BCUT2D eigenvalue weighted by atomic mass is 19.0.